The van der Waals surface area contributed by atoms with Gasteiger partial charge in [0.1, 0.15) is 18.4 Å². The predicted octanol–water partition coefficient (Wildman–Crippen LogP) is 2.71. The van der Waals surface area contributed by atoms with Crippen molar-refractivity contribution in [1.29, 1.82) is 0 Å². The normalized spacial score (nSPS) is 12.8. The first-order chi connectivity index (χ1) is 14.3. The van der Waals surface area contributed by atoms with Gasteiger partial charge >= 0.3 is 5.51 Å². The second kappa shape index (κ2) is 9.47. The number of hydrogen-bond donors (Lipinski definition) is 3. The molecule has 0 aliphatic heterocycles. The van der Waals surface area contributed by atoms with Crippen LogP contribution in [-0.2, 0) is 11.4 Å². The number of rotatable bonds is 8. The molecule has 0 fully saturated rings. The monoisotopic (exact) mass is 441 g/mol. The van der Waals surface area contributed by atoms with Crippen molar-refractivity contribution in [3.8, 4) is 0 Å². The van der Waals surface area contributed by atoms with Crippen molar-refractivity contribution in [3.05, 3.63) is 60.0 Å². The van der Waals surface area contributed by atoms with Crippen LogP contribution in [0.1, 0.15) is 16.1 Å². The number of amides is 1. The number of carbonyl (C=O) groups is 1. The fraction of sp³-hybridized carbons (Fsp3) is 0.263. The van der Waals surface area contributed by atoms with Crippen LogP contribution in [0.2, 0.25) is 0 Å². The van der Waals surface area contributed by atoms with Crippen LogP contribution in [0, 0.1) is 0 Å². The summed E-state index contributed by atoms with van der Waals surface area (Å²) in [6.45, 7) is -0.582. The van der Waals surface area contributed by atoms with Crippen molar-refractivity contribution >= 4 is 28.6 Å². The number of fused-ring (bicyclic) bond motifs is 1. The summed E-state index contributed by atoms with van der Waals surface area (Å²) in [6.07, 6.45) is 2.02. The van der Waals surface area contributed by atoms with Gasteiger partial charge in [0.05, 0.1) is 18.3 Å². The van der Waals surface area contributed by atoms with Crippen molar-refractivity contribution in [2.45, 2.75) is 23.1 Å². The largest absolute Gasteiger partial charge is 0.446 e. The zero-order chi connectivity index (χ0) is 21.7. The molecule has 0 unspecified atom stereocenters. The maximum atomic E-state index is 12.6. The van der Waals surface area contributed by atoms with E-state index >= 15 is 0 Å². The summed E-state index contributed by atoms with van der Waals surface area (Å²) < 4.78 is 39.2. The molecule has 0 saturated carbocycles. The molecule has 11 heteroatoms. The van der Waals surface area contributed by atoms with E-state index in [9.17, 15) is 23.1 Å². The molecule has 0 bridgehead atoms. The lowest BCUT2D eigenvalue weighted by Gasteiger charge is -2.13. The van der Waals surface area contributed by atoms with Crippen molar-refractivity contribution in [2.75, 3.05) is 13.2 Å². The van der Waals surface area contributed by atoms with Gasteiger partial charge in [-0.3, -0.25) is 14.6 Å². The minimum absolute atomic E-state index is 0.0686. The van der Waals surface area contributed by atoms with Gasteiger partial charge in [0.25, 0.3) is 5.91 Å². The summed E-state index contributed by atoms with van der Waals surface area (Å²) in [6, 6.07) is 9.22. The molecule has 0 aliphatic carbocycles. The maximum Gasteiger partial charge on any atom is 0.446 e. The quantitative estimate of drug-likeness (QED) is 0.368. The van der Waals surface area contributed by atoms with E-state index in [1.54, 1.807) is 41.2 Å². The van der Waals surface area contributed by atoms with E-state index in [0.717, 1.165) is 5.39 Å². The number of hydroxylamine groups is 1. The highest BCUT2D eigenvalue weighted by Crippen LogP contribution is 2.36. The number of aliphatic hydroxyl groups excluding tert-OH is 2. The van der Waals surface area contributed by atoms with E-state index in [1.807, 2.05) is 0 Å². The Morgan fingerprint density at radius 2 is 2.00 bits per heavy atom. The van der Waals surface area contributed by atoms with Crippen LogP contribution in [0.25, 0.3) is 10.9 Å². The topological polar surface area (TPSA) is 96.6 Å². The van der Waals surface area contributed by atoms with Gasteiger partial charge in [-0.2, -0.15) is 13.2 Å². The highest BCUT2D eigenvalue weighted by atomic mass is 32.2. The third-order valence-corrected chi connectivity index (χ3v) is 4.83. The van der Waals surface area contributed by atoms with Crippen molar-refractivity contribution in [3.63, 3.8) is 0 Å². The van der Waals surface area contributed by atoms with E-state index < -0.39 is 24.1 Å². The van der Waals surface area contributed by atoms with Crippen LogP contribution >= 0.6 is 11.8 Å². The van der Waals surface area contributed by atoms with Crippen molar-refractivity contribution in [1.82, 2.24) is 15.0 Å². The highest BCUT2D eigenvalue weighted by Gasteiger charge is 2.29. The van der Waals surface area contributed by atoms with Gasteiger partial charge in [-0.15, -0.1) is 0 Å². The lowest BCUT2D eigenvalue weighted by atomic mass is 10.2. The molecule has 3 rings (SSSR count). The number of aliphatic hydroxyl groups is 2. The average molecular weight is 441 g/mol. The van der Waals surface area contributed by atoms with Crippen LogP contribution in [0.5, 0.6) is 0 Å². The van der Waals surface area contributed by atoms with E-state index in [-0.39, 0.29) is 35.5 Å². The summed E-state index contributed by atoms with van der Waals surface area (Å²) in [5.41, 5.74) is -0.567. The van der Waals surface area contributed by atoms with E-state index in [2.05, 4.69) is 10.5 Å². The number of thioether (sulfide) groups is 1. The summed E-state index contributed by atoms with van der Waals surface area (Å²) in [7, 11) is 0. The molecular formula is C19H18F3N3O4S. The molecule has 30 heavy (non-hydrogen) atoms. The third-order valence-electron chi connectivity index (χ3n) is 4.09. The van der Waals surface area contributed by atoms with Crippen molar-refractivity contribution in [2.24, 2.45) is 0 Å². The third kappa shape index (κ3) is 5.72. The van der Waals surface area contributed by atoms with Gasteiger partial charge in [-0.1, -0.05) is 12.1 Å². The Morgan fingerprint density at radius 3 is 2.67 bits per heavy atom. The molecule has 1 amide bonds. The average Bonchev–Trinajstić information content (AvgIpc) is 3.07. The minimum atomic E-state index is -4.36. The summed E-state index contributed by atoms with van der Waals surface area (Å²) in [5.74, 6) is -0.583. The number of benzene rings is 1. The number of aromatic nitrogens is 2. The van der Waals surface area contributed by atoms with Gasteiger partial charge in [0.15, 0.2) is 0 Å². The molecule has 0 spiro atoms. The number of nitrogens with zero attached hydrogens (tertiary/aromatic N) is 2. The first kappa shape index (κ1) is 22.1. The Bertz CT molecular complexity index is 1010. The van der Waals surface area contributed by atoms with Crippen molar-refractivity contribution < 1.29 is 33.0 Å². The lowest BCUT2D eigenvalue weighted by molar-refractivity contribution is -0.0328. The van der Waals surface area contributed by atoms with Crippen LogP contribution in [0.3, 0.4) is 0 Å². The molecule has 2 aromatic heterocycles. The Kier molecular flexibility index (Phi) is 6.98. The number of pyridine rings is 1. The van der Waals surface area contributed by atoms with Crippen LogP contribution < -0.4 is 5.48 Å². The number of alkyl halides is 3. The second-order valence-corrected chi connectivity index (χ2v) is 7.46. The fourth-order valence-electron chi connectivity index (χ4n) is 2.75. The number of hydrogen-bond acceptors (Lipinski definition) is 6. The number of nitrogens with one attached hydrogen (secondary N) is 1. The zero-order valence-corrected chi connectivity index (χ0v) is 16.3. The molecule has 3 aromatic rings. The van der Waals surface area contributed by atoms with Crippen LogP contribution in [0.4, 0.5) is 13.2 Å². The van der Waals surface area contributed by atoms with Gasteiger partial charge in [0.2, 0.25) is 0 Å². The highest BCUT2D eigenvalue weighted by molar-refractivity contribution is 8.00. The van der Waals surface area contributed by atoms with Gasteiger partial charge in [-0.05, 0) is 41.6 Å². The van der Waals surface area contributed by atoms with E-state index in [4.69, 9.17) is 9.94 Å². The first-order valence-corrected chi connectivity index (χ1v) is 9.57. The summed E-state index contributed by atoms with van der Waals surface area (Å²) in [5, 5.41) is 18.8. The molecule has 160 valence electrons. The minimum Gasteiger partial charge on any atom is -0.394 e. The predicted molar refractivity (Wildman–Crippen MR) is 104 cm³/mol. The van der Waals surface area contributed by atoms with Crippen LogP contribution in [-0.4, -0.2) is 50.5 Å². The van der Waals surface area contributed by atoms with Gasteiger partial charge in [0, 0.05) is 23.0 Å². The molecule has 2 heterocycles. The SMILES string of the molecule is O=C(NOC[C@H](O)CO)c1cc2ccncc2n1Cc1ccc(SC(F)(F)F)cc1. The molecule has 1 atom stereocenters. The molecular weight excluding hydrogens is 423 g/mol. The molecule has 3 N–H and O–H groups in total. The van der Waals surface area contributed by atoms with Gasteiger partial charge in [-0.25, -0.2) is 5.48 Å². The zero-order valence-electron chi connectivity index (χ0n) is 15.5. The Balaban J connectivity index is 1.82. The second-order valence-electron chi connectivity index (χ2n) is 6.32. The Hall–Kier alpha value is -2.60. The standard InChI is InChI=1S/C19H18F3N3O4S/c20-19(21,22)30-15-3-1-12(2-4-15)9-25-16(7-13-5-6-23-8-17(13)25)18(28)24-29-11-14(27)10-26/h1-8,14,26-27H,9-11H2,(H,24,28)/t14-/m1/s1. The maximum absolute atomic E-state index is 12.6. The number of halogens is 3. The Labute approximate surface area is 173 Å². The molecule has 0 radical (unpaired) electrons. The Morgan fingerprint density at radius 1 is 1.27 bits per heavy atom. The van der Waals surface area contributed by atoms with Crippen LogP contribution in [0.15, 0.2) is 53.7 Å². The van der Waals surface area contributed by atoms with E-state index in [1.165, 1.54) is 12.1 Å². The van der Waals surface area contributed by atoms with Gasteiger partial charge < -0.3 is 14.8 Å². The molecule has 7 nitrogen and oxygen atoms in total. The lowest BCUT2D eigenvalue weighted by Crippen LogP contribution is -2.31. The molecule has 1 aromatic carbocycles. The van der Waals surface area contributed by atoms with E-state index in [0.29, 0.717) is 11.1 Å². The molecule has 0 aliphatic rings. The molecule has 0 saturated heterocycles. The smallest absolute Gasteiger partial charge is 0.394 e. The summed E-state index contributed by atoms with van der Waals surface area (Å²) >= 11 is -0.194. The summed E-state index contributed by atoms with van der Waals surface area (Å²) in [4.78, 5) is 21.6. The first-order valence-electron chi connectivity index (χ1n) is 8.76. The fourth-order valence-corrected chi connectivity index (χ4v) is 3.28. The number of carbonyl (C=O) groups excluding carboxylic acids is 1.